The lowest BCUT2D eigenvalue weighted by Gasteiger charge is -2.23. The highest BCUT2D eigenvalue weighted by Crippen LogP contribution is 2.23. The minimum atomic E-state index is -0.292. The van der Waals surface area contributed by atoms with Crippen molar-refractivity contribution in [3.8, 4) is 0 Å². The molecular weight excluding hydrogens is 386 g/mol. The SMILES string of the molecule is CCc1ccc([C@H](NCC(=O)NCC(=O)Nc2cccc(Cl)c2C)C(C)C)cc1. The van der Waals surface area contributed by atoms with Crippen LogP contribution in [0.25, 0.3) is 0 Å². The van der Waals surface area contributed by atoms with Crippen LogP contribution in [0, 0.1) is 12.8 Å². The van der Waals surface area contributed by atoms with Crippen molar-refractivity contribution in [2.45, 2.75) is 40.2 Å². The van der Waals surface area contributed by atoms with Crippen molar-refractivity contribution < 1.29 is 9.59 Å². The van der Waals surface area contributed by atoms with Crippen LogP contribution in [0.1, 0.15) is 43.5 Å². The molecule has 2 aromatic carbocycles. The third kappa shape index (κ3) is 6.87. The van der Waals surface area contributed by atoms with Gasteiger partial charge < -0.3 is 16.0 Å². The summed E-state index contributed by atoms with van der Waals surface area (Å²) in [4.78, 5) is 24.3. The van der Waals surface area contributed by atoms with Crippen molar-refractivity contribution in [2.75, 3.05) is 18.4 Å². The zero-order chi connectivity index (χ0) is 21.4. The Morgan fingerprint density at radius 2 is 1.69 bits per heavy atom. The zero-order valence-electron chi connectivity index (χ0n) is 17.5. The van der Waals surface area contributed by atoms with Crippen molar-refractivity contribution in [3.05, 3.63) is 64.2 Å². The summed E-state index contributed by atoms with van der Waals surface area (Å²) in [6.07, 6.45) is 0.999. The third-order valence-corrected chi connectivity index (χ3v) is 5.29. The summed E-state index contributed by atoms with van der Waals surface area (Å²) < 4.78 is 0. The maximum absolute atomic E-state index is 12.2. The molecule has 0 bridgehead atoms. The van der Waals surface area contributed by atoms with Gasteiger partial charge in [-0.3, -0.25) is 9.59 Å². The summed E-state index contributed by atoms with van der Waals surface area (Å²) >= 11 is 6.06. The Hall–Kier alpha value is -2.37. The average molecular weight is 416 g/mol. The van der Waals surface area contributed by atoms with Gasteiger partial charge in [-0.05, 0) is 48.1 Å². The summed E-state index contributed by atoms with van der Waals surface area (Å²) in [5.41, 5.74) is 3.88. The number of amides is 2. The Bertz CT molecular complexity index is 835. The number of carbonyl (C=O) groups excluding carboxylic acids is 2. The monoisotopic (exact) mass is 415 g/mol. The molecule has 0 heterocycles. The lowest BCUT2D eigenvalue weighted by atomic mass is 9.95. The van der Waals surface area contributed by atoms with E-state index in [9.17, 15) is 9.59 Å². The number of carbonyl (C=O) groups is 2. The van der Waals surface area contributed by atoms with Gasteiger partial charge in [0.25, 0.3) is 0 Å². The van der Waals surface area contributed by atoms with Crippen LogP contribution in [-0.2, 0) is 16.0 Å². The van der Waals surface area contributed by atoms with Crippen LogP contribution >= 0.6 is 11.6 Å². The lowest BCUT2D eigenvalue weighted by Crippen LogP contribution is -2.40. The molecule has 0 aliphatic carbocycles. The molecule has 0 unspecified atom stereocenters. The summed E-state index contributed by atoms with van der Waals surface area (Å²) in [5, 5.41) is 9.31. The van der Waals surface area contributed by atoms with E-state index < -0.39 is 0 Å². The van der Waals surface area contributed by atoms with Gasteiger partial charge in [0.2, 0.25) is 11.8 Å². The zero-order valence-corrected chi connectivity index (χ0v) is 18.3. The Morgan fingerprint density at radius 3 is 2.31 bits per heavy atom. The van der Waals surface area contributed by atoms with E-state index in [0.29, 0.717) is 16.6 Å². The van der Waals surface area contributed by atoms with Crippen LogP contribution in [0.5, 0.6) is 0 Å². The van der Waals surface area contributed by atoms with Gasteiger partial charge in [-0.15, -0.1) is 0 Å². The van der Waals surface area contributed by atoms with Gasteiger partial charge in [0.05, 0.1) is 13.1 Å². The number of rotatable bonds is 9. The number of hydrogen-bond donors (Lipinski definition) is 3. The Balaban J connectivity index is 1.84. The van der Waals surface area contributed by atoms with E-state index in [2.05, 4.69) is 61.0 Å². The number of anilines is 1. The van der Waals surface area contributed by atoms with Gasteiger partial charge in [0.15, 0.2) is 0 Å². The molecule has 0 aliphatic rings. The molecule has 0 aromatic heterocycles. The van der Waals surface area contributed by atoms with Gasteiger partial charge in [0, 0.05) is 16.8 Å². The number of nitrogens with one attached hydrogen (secondary N) is 3. The third-order valence-electron chi connectivity index (χ3n) is 4.88. The predicted octanol–water partition coefficient (Wildman–Crippen LogP) is 4.25. The standard InChI is InChI=1S/C23H30ClN3O2/c1-5-17-9-11-18(12-10-17)23(15(2)3)26-13-21(28)25-14-22(29)27-20-8-6-7-19(24)16(20)4/h6-12,15,23,26H,5,13-14H2,1-4H3,(H,25,28)(H,27,29)/t23-/m1/s1. The molecule has 5 nitrogen and oxygen atoms in total. The second-order valence-corrected chi connectivity index (χ2v) is 7.84. The maximum atomic E-state index is 12.2. The van der Waals surface area contributed by atoms with Crippen LogP contribution in [0.2, 0.25) is 5.02 Å². The highest BCUT2D eigenvalue weighted by Gasteiger charge is 2.17. The van der Waals surface area contributed by atoms with Crippen molar-refractivity contribution >= 4 is 29.1 Å². The lowest BCUT2D eigenvalue weighted by molar-refractivity contribution is -0.123. The molecule has 2 aromatic rings. The molecule has 156 valence electrons. The fraction of sp³-hybridized carbons (Fsp3) is 0.391. The van der Waals surface area contributed by atoms with Crippen LogP contribution in [-0.4, -0.2) is 24.9 Å². The van der Waals surface area contributed by atoms with Crippen LogP contribution < -0.4 is 16.0 Å². The van der Waals surface area contributed by atoms with Crippen molar-refractivity contribution in [3.63, 3.8) is 0 Å². The Morgan fingerprint density at radius 1 is 1.00 bits per heavy atom. The summed E-state index contributed by atoms with van der Waals surface area (Å²) in [7, 11) is 0. The van der Waals surface area contributed by atoms with E-state index in [1.807, 2.05) is 6.92 Å². The van der Waals surface area contributed by atoms with Gasteiger partial charge in [-0.2, -0.15) is 0 Å². The van der Waals surface area contributed by atoms with Crippen molar-refractivity contribution in [1.29, 1.82) is 0 Å². The molecule has 0 radical (unpaired) electrons. The van der Waals surface area contributed by atoms with E-state index in [4.69, 9.17) is 11.6 Å². The number of hydrogen-bond acceptors (Lipinski definition) is 3. The minimum absolute atomic E-state index is 0.0644. The van der Waals surface area contributed by atoms with Crippen LogP contribution in [0.4, 0.5) is 5.69 Å². The molecule has 29 heavy (non-hydrogen) atoms. The molecule has 0 aliphatic heterocycles. The Kier molecular flexibility index (Phi) is 8.68. The Labute approximate surface area is 178 Å². The molecule has 2 rings (SSSR count). The van der Waals surface area contributed by atoms with Crippen molar-refractivity contribution in [2.24, 2.45) is 5.92 Å². The quantitative estimate of drug-likeness (QED) is 0.573. The summed E-state index contributed by atoms with van der Waals surface area (Å²) in [5.74, 6) is -0.192. The van der Waals surface area contributed by atoms with Gasteiger partial charge in [-0.25, -0.2) is 0 Å². The smallest absolute Gasteiger partial charge is 0.243 e. The van der Waals surface area contributed by atoms with E-state index >= 15 is 0 Å². The molecule has 0 saturated carbocycles. The normalized spacial score (nSPS) is 11.9. The molecule has 1 atom stereocenters. The van der Waals surface area contributed by atoms with Gasteiger partial charge >= 0.3 is 0 Å². The van der Waals surface area contributed by atoms with Crippen LogP contribution in [0.15, 0.2) is 42.5 Å². The molecular formula is C23H30ClN3O2. The first-order chi connectivity index (χ1) is 13.8. The molecule has 6 heteroatoms. The molecule has 2 amide bonds. The van der Waals surface area contributed by atoms with Crippen LogP contribution in [0.3, 0.4) is 0 Å². The van der Waals surface area contributed by atoms with Gasteiger partial charge in [0.1, 0.15) is 0 Å². The van der Waals surface area contributed by atoms with E-state index in [1.165, 1.54) is 5.56 Å². The minimum Gasteiger partial charge on any atom is -0.346 e. The van der Waals surface area contributed by atoms with Crippen molar-refractivity contribution in [1.82, 2.24) is 10.6 Å². The second kappa shape index (κ2) is 11.0. The number of benzene rings is 2. The highest BCUT2D eigenvalue weighted by molar-refractivity contribution is 6.31. The fourth-order valence-corrected chi connectivity index (χ4v) is 3.25. The number of aryl methyl sites for hydroxylation is 1. The summed E-state index contributed by atoms with van der Waals surface area (Å²) in [6.45, 7) is 8.24. The first-order valence-corrected chi connectivity index (χ1v) is 10.3. The van der Waals surface area contributed by atoms with E-state index in [1.54, 1.807) is 18.2 Å². The maximum Gasteiger partial charge on any atom is 0.243 e. The highest BCUT2D eigenvalue weighted by atomic mass is 35.5. The molecule has 3 N–H and O–H groups in total. The molecule has 0 fully saturated rings. The van der Waals surface area contributed by atoms with Gasteiger partial charge in [-0.1, -0.05) is 62.7 Å². The van der Waals surface area contributed by atoms with E-state index in [-0.39, 0.29) is 30.9 Å². The summed E-state index contributed by atoms with van der Waals surface area (Å²) in [6, 6.07) is 13.8. The largest absolute Gasteiger partial charge is 0.346 e. The first kappa shape index (κ1) is 22.9. The second-order valence-electron chi connectivity index (χ2n) is 7.44. The number of halogens is 1. The predicted molar refractivity (Wildman–Crippen MR) is 119 cm³/mol. The van der Waals surface area contributed by atoms with E-state index in [0.717, 1.165) is 17.5 Å². The fourth-order valence-electron chi connectivity index (χ4n) is 3.08. The molecule has 0 saturated heterocycles. The average Bonchev–Trinajstić information content (AvgIpc) is 2.70. The molecule has 0 spiro atoms. The topological polar surface area (TPSA) is 70.2 Å². The first-order valence-electron chi connectivity index (χ1n) is 9.95.